The average molecular weight is 707 g/mol. The summed E-state index contributed by atoms with van der Waals surface area (Å²) in [6.07, 6.45) is 6.43. The molecule has 1 aliphatic carbocycles. The smallest absolute Gasteiger partial charge is 0.287 e. The normalized spacial score (nSPS) is 21.6. The summed E-state index contributed by atoms with van der Waals surface area (Å²) in [6, 6.07) is 5.06. The van der Waals surface area contributed by atoms with Crippen molar-refractivity contribution in [2.24, 2.45) is 11.8 Å². The van der Waals surface area contributed by atoms with Crippen molar-refractivity contribution < 1.29 is 32.6 Å². The van der Waals surface area contributed by atoms with Gasteiger partial charge in [-0.1, -0.05) is 42.9 Å². The molecular weight excluding hydrogens is 657 g/mol. The predicted molar refractivity (Wildman–Crippen MR) is 190 cm³/mol. The number of carbonyl (C=O) groups excluding carboxylic acids is 2. The second-order valence-electron chi connectivity index (χ2n) is 13.4. The van der Waals surface area contributed by atoms with Crippen molar-refractivity contribution >= 4 is 48.3 Å². The van der Waals surface area contributed by atoms with Crippen LogP contribution in [0, 0.1) is 25.7 Å². The summed E-state index contributed by atoms with van der Waals surface area (Å²) in [4.78, 5) is 35.6. The molecule has 2 amide bonds. The van der Waals surface area contributed by atoms with Crippen LogP contribution in [0.4, 0.5) is 14.5 Å². The third kappa shape index (κ3) is 8.67. The van der Waals surface area contributed by atoms with E-state index < -0.39 is 28.6 Å². The molecule has 13 heteroatoms. The molecule has 264 valence electrons. The maximum atomic E-state index is 14.1. The van der Waals surface area contributed by atoms with E-state index in [0.717, 1.165) is 23.5 Å². The molecule has 3 unspecified atom stereocenters. The van der Waals surface area contributed by atoms with E-state index in [1.807, 2.05) is 6.92 Å². The number of alkyl halides is 2. The molecule has 0 spiro atoms. The zero-order valence-electron chi connectivity index (χ0n) is 29.0. The molecular formula is C35H49F2N4O5PS. The lowest BCUT2D eigenvalue weighted by Crippen LogP contribution is -2.66. The second-order valence-corrected chi connectivity index (χ2v) is 15.3. The van der Waals surface area contributed by atoms with Crippen molar-refractivity contribution in [3.8, 4) is 5.75 Å². The predicted octanol–water partition coefficient (Wildman–Crippen LogP) is 7.94. The Balaban J connectivity index is 0.000000408. The minimum atomic E-state index is -3.04. The number of nitrogens with zero attached hydrogens (tertiary/aromatic N) is 2. The number of pyridine rings is 1. The Morgan fingerprint density at radius 2 is 1.83 bits per heavy atom. The van der Waals surface area contributed by atoms with Crippen LogP contribution in [-0.2, 0) is 9.47 Å². The Morgan fingerprint density at radius 3 is 2.42 bits per heavy atom. The fraction of sp³-hybridized carbons (Fsp3) is 0.600. The van der Waals surface area contributed by atoms with Gasteiger partial charge in [0, 0.05) is 19.4 Å². The molecule has 9 nitrogen and oxygen atoms in total. The molecule has 6 rings (SSSR count). The van der Waals surface area contributed by atoms with Gasteiger partial charge in [0.1, 0.15) is 16.9 Å². The van der Waals surface area contributed by atoms with Crippen LogP contribution in [0.5, 0.6) is 5.75 Å². The van der Waals surface area contributed by atoms with Gasteiger partial charge < -0.3 is 24.8 Å². The highest BCUT2D eigenvalue weighted by molar-refractivity contribution is 7.19. The van der Waals surface area contributed by atoms with Gasteiger partial charge in [0.25, 0.3) is 17.5 Å². The summed E-state index contributed by atoms with van der Waals surface area (Å²) < 4.78 is 45.1. The van der Waals surface area contributed by atoms with E-state index in [9.17, 15) is 18.4 Å². The SMILES string of the molecule is CCCC(C)CC(C)COC.COc1ccc2nc(C)sc2c1C(=O)Nc1cnc(C)cc1C(=O)NC12CCC(C(F)(F)P)(CC1)OC2. The number of hydrogen-bond acceptors (Lipinski definition) is 8. The number of hydrogen-bond donors (Lipinski definition) is 2. The van der Waals surface area contributed by atoms with Crippen molar-refractivity contribution in [1.29, 1.82) is 0 Å². The van der Waals surface area contributed by atoms with E-state index in [1.54, 1.807) is 41.5 Å². The highest BCUT2D eigenvalue weighted by atomic mass is 32.1. The Bertz CT molecular complexity index is 1560. The summed E-state index contributed by atoms with van der Waals surface area (Å²) in [7, 11) is 4.85. The van der Waals surface area contributed by atoms with E-state index in [4.69, 9.17) is 14.2 Å². The van der Waals surface area contributed by atoms with E-state index in [2.05, 4.69) is 41.4 Å². The van der Waals surface area contributed by atoms with Crippen LogP contribution >= 0.6 is 20.6 Å². The number of ether oxygens (including phenoxy) is 3. The van der Waals surface area contributed by atoms with Crippen molar-refractivity contribution in [3.05, 3.63) is 46.2 Å². The third-order valence-corrected chi connectivity index (χ3v) is 10.8. The largest absolute Gasteiger partial charge is 0.496 e. The maximum absolute atomic E-state index is 14.1. The fourth-order valence-corrected chi connectivity index (χ4v) is 8.07. The number of halogens is 2. The number of amides is 2. The first-order valence-electron chi connectivity index (χ1n) is 16.5. The van der Waals surface area contributed by atoms with Crippen LogP contribution < -0.4 is 15.4 Å². The van der Waals surface area contributed by atoms with Crippen LogP contribution in [0.15, 0.2) is 24.4 Å². The number of nitrogens with one attached hydrogen (secondary N) is 2. The monoisotopic (exact) mass is 706 g/mol. The van der Waals surface area contributed by atoms with Gasteiger partial charge in [-0.15, -0.1) is 11.3 Å². The maximum Gasteiger partial charge on any atom is 0.287 e. The molecule has 4 heterocycles. The van der Waals surface area contributed by atoms with E-state index in [-0.39, 0.29) is 30.7 Å². The van der Waals surface area contributed by atoms with Crippen LogP contribution in [-0.4, -0.2) is 66.0 Å². The van der Waals surface area contributed by atoms with Crippen molar-refractivity contribution in [3.63, 3.8) is 0 Å². The van der Waals surface area contributed by atoms with Gasteiger partial charge in [-0.25, -0.2) is 4.98 Å². The molecule has 2 aliphatic heterocycles. The van der Waals surface area contributed by atoms with Gasteiger partial charge in [-0.2, -0.15) is 8.78 Å². The summed E-state index contributed by atoms with van der Waals surface area (Å²) in [5, 5.41) is 6.64. The molecule has 1 aromatic carbocycles. The van der Waals surface area contributed by atoms with Crippen molar-refractivity contribution in [2.45, 2.75) is 96.4 Å². The first-order chi connectivity index (χ1) is 22.7. The molecule has 48 heavy (non-hydrogen) atoms. The molecule has 0 radical (unpaired) electrons. The van der Waals surface area contributed by atoms with Gasteiger partial charge in [-0.3, -0.25) is 14.6 Å². The summed E-state index contributed by atoms with van der Waals surface area (Å²) in [5.41, 5.74) is -3.27. The van der Waals surface area contributed by atoms with Crippen LogP contribution in [0.3, 0.4) is 0 Å². The fourth-order valence-electron chi connectivity index (χ4n) is 6.75. The Kier molecular flexibility index (Phi) is 12.5. The van der Waals surface area contributed by atoms with E-state index >= 15 is 0 Å². The highest BCUT2D eigenvalue weighted by Crippen LogP contribution is 2.53. The van der Waals surface area contributed by atoms with Gasteiger partial charge in [0.15, 0.2) is 0 Å². The lowest BCUT2D eigenvalue weighted by atomic mass is 9.71. The zero-order chi connectivity index (χ0) is 35.3. The van der Waals surface area contributed by atoms with E-state index in [0.29, 0.717) is 40.1 Å². The highest BCUT2D eigenvalue weighted by Gasteiger charge is 2.60. The van der Waals surface area contributed by atoms with Crippen molar-refractivity contribution in [2.75, 3.05) is 32.8 Å². The molecule has 1 saturated carbocycles. The molecule has 3 fully saturated rings. The molecule has 2 bridgehead atoms. The lowest BCUT2D eigenvalue weighted by molar-refractivity contribution is -0.231. The quantitative estimate of drug-likeness (QED) is 0.184. The van der Waals surface area contributed by atoms with Gasteiger partial charge in [0.2, 0.25) is 0 Å². The molecule has 3 atom stereocenters. The Labute approximate surface area is 288 Å². The zero-order valence-corrected chi connectivity index (χ0v) is 31.0. The second kappa shape index (κ2) is 15.8. The number of benzene rings is 1. The molecule has 2 N–H and O–H groups in total. The standard InChI is InChI=1S/C25H27F2N4O4PS.C10H22O/c1-13-10-15(21(32)31-23-6-8-24(9-7-23,35-12-23)25(26,27)36)17(11-28-13)30-22(33)19-18(34-3)5-4-16-20(19)37-14(2)29-16;1-5-6-9(2)7-10(3)8-11-4/h4-5,10-11H,6-9,12,36H2,1-3H3,(H,30,33)(H,31,32);9-10H,5-8H2,1-4H3. The molecule has 2 aromatic heterocycles. The number of anilines is 1. The van der Waals surface area contributed by atoms with Crippen LogP contribution in [0.25, 0.3) is 10.2 Å². The molecule has 3 aliphatic rings. The molecule has 2 saturated heterocycles. The number of fused-ring (bicyclic) bond motifs is 4. The van der Waals surface area contributed by atoms with Gasteiger partial charge >= 0.3 is 0 Å². The Morgan fingerprint density at radius 1 is 1.12 bits per heavy atom. The number of aromatic nitrogens is 2. The number of thiazole rings is 1. The number of methoxy groups -OCH3 is 2. The van der Waals surface area contributed by atoms with Crippen molar-refractivity contribution in [1.82, 2.24) is 15.3 Å². The summed E-state index contributed by atoms with van der Waals surface area (Å²) in [6.45, 7) is 11.3. The molecule has 3 aromatic rings. The number of rotatable bonds is 12. The first-order valence-corrected chi connectivity index (χ1v) is 17.9. The minimum Gasteiger partial charge on any atom is -0.496 e. The Hall–Kier alpha value is -2.79. The summed E-state index contributed by atoms with van der Waals surface area (Å²) in [5.74, 6) is 1.08. The van der Waals surface area contributed by atoms with Crippen LogP contribution in [0.2, 0.25) is 0 Å². The lowest BCUT2D eigenvalue weighted by Gasteiger charge is -2.54. The van der Waals surface area contributed by atoms with Gasteiger partial charge in [-0.05, 0) is 76.0 Å². The minimum absolute atomic E-state index is 0.00157. The van der Waals surface area contributed by atoms with Crippen LogP contribution in [0.1, 0.15) is 97.1 Å². The number of aryl methyl sites for hydroxylation is 2. The number of carbonyl (C=O) groups is 2. The summed E-state index contributed by atoms with van der Waals surface area (Å²) >= 11 is 1.38. The average Bonchev–Trinajstić information content (AvgIpc) is 3.42. The first kappa shape index (κ1) is 38.0. The topological polar surface area (TPSA) is 112 Å². The van der Waals surface area contributed by atoms with E-state index in [1.165, 1.54) is 43.9 Å². The third-order valence-electron chi connectivity index (χ3n) is 9.27. The van der Waals surface area contributed by atoms with Gasteiger partial charge in [0.05, 0.1) is 51.9 Å².